The molecule has 1 heterocycles. The molecule has 1 rings (SSSR count). The summed E-state index contributed by atoms with van der Waals surface area (Å²) in [6, 6.07) is 5.85. The molecule has 0 fully saturated rings. The highest BCUT2D eigenvalue weighted by atomic mass is 32.2. The SMILES string of the molecule is CN=C(NCCCCNc1ccccn1)NC(C)CCS(C)(=O)=O. The molecule has 3 N–H and O–H groups in total. The minimum absolute atomic E-state index is 0.0525. The van der Waals surface area contributed by atoms with E-state index >= 15 is 0 Å². The minimum Gasteiger partial charge on any atom is -0.370 e. The van der Waals surface area contributed by atoms with Gasteiger partial charge in [0.15, 0.2) is 5.96 Å². The van der Waals surface area contributed by atoms with Gasteiger partial charge in [0.25, 0.3) is 0 Å². The van der Waals surface area contributed by atoms with Gasteiger partial charge in [0.1, 0.15) is 15.7 Å². The largest absolute Gasteiger partial charge is 0.370 e. The van der Waals surface area contributed by atoms with E-state index in [1.807, 2.05) is 25.1 Å². The van der Waals surface area contributed by atoms with Crippen molar-refractivity contribution in [2.75, 3.05) is 37.5 Å². The van der Waals surface area contributed by atoms with Crippen LogP contribution in [0.2, 0.25) is 0 Å². The standard InChI is InChI=1S/C16H29N5O2S/c1-14(9-13-24(3,22)23)21-16(17-2)20-12-7-6-11-19-15-8-4-5-10-18-15/h4-5,8,10,14H,6-7,9,11-13H2,1-3H3,(H,18,19)(H2,17,20,21). The second kappa shape index (κ2) is 10.9. The highest BCUT2D eigenvalue weighted by molar-refractivity contribution is 7.90. The topological polar surface area (TPSA) is 95.5 Å². The summed E-state index contributed by atoms with van der Waals surface area (Å²) in [4.78, 5) is 8.36. The zero-order valence-electron chi connectivity index (χ0n) is 14.7. The fourth-order valence-corrected chi connectivity index (χ4v) is 2.81. The van der Waals surface area contributed by atoms with Crippen molar-refractivity contribution in [3.8, 4) is 0 Å². The number of sulfone groups is 1. The van der Waals surface area contributed by atoms with Crippen LogP contribution in [0.4, 0.5) is 5.82 Å². The molecule has 0 bridgehead atoms. The fraction of sp³-hybridized carbons (Fsp3) is 0.625. The van der Waals surface area contributed by atoms with E-state index in [0.29, 0.717) is 12.4 Å². The molecule has 24 heavy (non-hydrogen) atoms. The van der Waals surface area contributed by atoms with Gasteiger partial charge in [-0.3, -0.25) is 4.99 Å². The van der Waals surface area contributed by atoms with Gasteiger partial charge in [0, 0.05) is 38.6 Å². The highest BCUT2D eigenvalue weighted by Gasteiger charge is 2.09. The Morgan fingerprint density at radius 1 is 1.29 bits per heavy atom. The number of aliphatic imine (C=N–C) groups is 1. The molecule has 1 aromatic heterocycles. The summed E-state index contributed by atoms with van der Waals surface area (Å²) in [5.74, 6) is 1.77. The van der Waals surface area contributed by atoms with Crippen molar-refractivity contribution in [2.45, 2.75) is 32.2 Å². The van der Waals surface area contributed by atoms with Gasteiger partial charge in [-0.2, -0.15) is 0 Å². The molecule has 7 nitrogen and oxygen atoms in total. The third kappa shape index (κ3) is 10.0. The lowest BCUT2D eigenvalue weighted by Gasteiger charge is -2.17. The molecule has 1 aromatic rings. The Morgan fingerprint density at radius 3 is 2.67 bits per heavy atom. The average molecular weight is 356 g/mol. The first-order valence-corrected chi connectivity index (χ1v) is 10.3. The van der Waals surface area contributed by atoms with E-state index in [2.05, 4.69) is 25.9 Å². The number of guanidine groups is 1. The number of nitrogens with zero attached hydrogens (tertiary/aromatic N) is 2. The third-order valence-corrected chi connectivity index (χ3v) is 4.37. The maximum atomic E-state index is 11.2. The lowest BCUT2D eigenvalue weighted by Crippen LogP contribution is -2.43. The van der Waals surface area contributed by atoms with Crippen LogP contribution in [0.25, 0.3) is 0 Å². The molecular formula is C16H29N5O2S. The molecule has 8 heteroatoms. The molecule has 136 valence electrons. The first-order chi connectivity index (χ1) is 11.4. The molecule has 1 atom stereocenters. The molecule has 0 aliphatic rings. The number of unbranched alkanes of at least 4 members (excludes halogenated alkanes) is 1. The van der Waals surface area contributed by atoms with Crippen molar-refractivity contribution in [1.82, 2.24) is 15.6 Å². The third-order valence-electron chi connectivity index (χ3n) is 3.40. The van der Waals surface area contributed by atoms with Crippen molar-refractivity contribution < 1.29 is 8.42 Å². The van der Waals surface area contributed by atoms with Crippen LogP contribution in [0.15, 0.2) is 29.4 Å². The molecule has 0 saturated carbocycles. The monoisotopic (exact) mass is 355 g/mol. The summed E-state index contributed by atoms with van der Waals surface area (Å²) in [6.45, 7) is 3.63. The van der Waals surface area contributed by atoms with Crippen molar-refractivity contribution in [3.63, 3.8) is 0 Å². The Kier molecular flexibility index (Phi) is 9.14. The Balaban J connectivity index is 2.13. The first-order valence-electron chi connectivity index (χ1n) is 8.20. The van der Waals surface area contributed by atoms with Gasteiger partial charge in [-0.1, -0.05) is 6.07 Å². The van der Waals surface area contributed by atoms with E-state index < -0.39 is 9.84 Å². The van der Waals surface area contributed by atoms with Crippen LogP contribution in [0.5, 0.6) is 0 Å². The summed E-state index contributed by atoms with van der Waals surface area (Å²) in [7, 11) is -1.21. The van der Waals surface area contributed by atoms with Gasteiger partial charge in [-0.25, -0.2) is 13.4 Å². The first kappa shape index (κ1) is 20.2. The smallest absolute Gasteiger partial charge is 0.191 e. The van der Waals surface area contributed by atoms with Crippen molar-refractivity contribution in [1.29, 1.82) is 0 Å². The van der Waals surface area contributed by atoms with Gasteiger partial charge >= 0.3 is 0 Å². The fourth-order valence-electron chi connectivity index (χ4n) is 2.03. The summed E-state index contributed by atoms with van der Waals surface area (Å²) in [5.41, 5.74) is 0. The summed E-state index contributed by atoms with van der Waals surface area (Å²) in [5, 5.41) is 9.72. The molecule has 0 saturated heterocycles. The average Bonchev–Trinajstić information content (AvgIpc) is 2.55. The normalized spacial score (nSPS) is 13.4. The number of hydrogen-bond acceptors (Lipinski definition) is 5. The zero-order chi connectivity index (χ0) is 17.8. The molecule has 0 aliphatic heterocycles. The Bertz CT molecular complexity index is 590. The molecule has 0 aliphatic carbocycles. The van der Waals surface area contributed by atoms with Gasteiger partial charge < -0.3 is 16.0 Å². The Labute approximate surface area is 145 Å². The lowest BCUT2D eigenvalue weighted by molar-refractivity contribution is 0.580. The number of anilines is 1. The van der Waals surface area contributed by atoms with E-state index in [-0.39, 0.29) is 11.8 Å². The van der Waals surface area contributed by atoms with E-state index in [4.69, 9.17) is 0 Å². The maximum Gasteiger partial charge on any atom is 0.191 e. The van der Waals surface area contributed by atoms with E-state index in [1.54, 1.807) is 13.2 Å². The van der Waals surface area contributed by atoms with Gasteiger partial charge in [-0.05, 0) is 38.3 Å². The van der Waals surface area contributed by atoms with Crippen molar-refractivity contribution >= 4 is 21.6 Å². The number of pyridine rings is 1. The predicted octanol–water partition coefficient (Wildman–Crippen LogP) is 1.26. The number of hydrogen-bond donors (Lipinski definition) is 3. The summed E-state index contributed by atoms with van der Waals surface area (Å²) >= 11 is 0. The maximum absolute atomic E-state index is 11.2. The highest BCUT2D eigenvalue weighted by Crippen LogP contribution is 2.00. The molecule has 1 unspecified atom stereocenters. The van der Waals surface area contributed by atoms with Crippen LogP contribution < -0.4 is 16.0 Å². The summed E-state index contributed by atoms with van der Waals surface area (Å²) in [6.07, 6.45) is 5.60. The van der Waals surface area contributed by atoms with E-state index in [9.17, 15) is 8.42 Å². The zero-order valence-corrected chi connectivity index (χ0v) is 15.6. The van der Waals surface area contributed by atoms with Crippen LogP contribution in [-0.2, 0) is 9.84 Å². The Hall–Kier alpha value is -1.83. The molecule has 0 spiro atoms. The van der Waals surface area contributed by atoms with Crippen LogP contribution >= 0.6 is 0 Å². The lowest BCUT2D eigenvalue weighted by atomic mass is 10.2. The molecular weight excluding hydrogens is 326 g/mol. The minimum atomic E-state index is -2.92. The van der Waals surface area contributed by atoms with Crippen molar-refractivity contribution in [3.05, 3.63) is 24.4 Å². The van der Waals surface area contributed by atoms with Gasteiger partial charge in [-0.15, -0.1) is 0 Å². The second-order valence-corrected chi connectivity index (χ2v) is 8.07. The van der Waals surface area contributed by atoms with Crippen LogP contribution in [0, 0.1) is 0 Å². The van der Waals surface area contributed by atoms with Gasteiger partial charge in [0.05, 0.1) is 5.75 Å². The van der Waals surface area contributed by atoms with Crippen molar-refractivity contribution in [2.24, 2.45) is 4.99 Å². The van der Waals surface area contributed by atoms with Gasteiger partial charge in [0.2, 0.25) is 0 Å². The van der Waals surface area contributed by atoms with Crippen LogP contribution in [0.1, 0.15) is 26.2 Å². The van der Waals surface area contributed by atoms with Crippen LogP contribution in [0.3, 0.4) is 0 Å². The molecule has 0 amide bonds. The summed E-state index contributed by atoms with van der Waals surface area (Å²) < 4.78 is 22.4. The second-order valence-electron chi connectivity index (χ2n) is 5.81. The number of nitrogens with one attached hydrogen (secondary N) is 3. The molecule has 0 radical (unpaired) electrons. The Morgan fingerprint density at radius 2 is 2.04 bits per heavy atom. The number of rotatable bonds is 10. The number of aromatic nitrogens is 1. The van der Waals surface area contributed by atoms with E-state index in [1.165, 1.54) is 6.26 Å². The van der Waals surface area contributed by atoms with Crippen LogP contribution in [-0.4, -0.2) is 57.5 Å². The van der Waals surface area contributed by atoms with E-state index in [0.717, 1.165) is 31.7 Å². The quantitative estimate of drug-likeness (QED) is 0.332. The predicted molar refractivity (Wildman–Crippen MR) is 100 cm³/mol. The molecule has 0 aromatic carbocycles.